The Morgan fingerprint density at radius 1 is 1.33 bits per heavy atom. The zero-order valence-corrected chi connectivity index (χ0v) is 13.2. The van der Waals surface area contributed by atoms with E-state index in [2.05, 4.69) is 11.6 Å². The number of rotatable bonds is 6. The third-order valence-electron chi connectivity index (χ3n) is 4.57. The van der Waals surface area contributed by atoms with E-state index in [1.807, 2.05) is 0 Å². The first-order valence-electron chi connectivity index (χ1n) is 7.41. The first-order chi connectivity index (χ1) is 9.92. The molecule has 1 aliphatic carbocycles. The summed E-state index contributed by atoms with van der Waals surface area (Å²) in [7, 11) is -3.84. The highest BCUT2D eigenvalue weighted by Gasteiger charge is 2.33. The molecule has 0 bridgehead atoms. The van der Waals surface area contributed by atoms with Gasteiger partial charge in [0.1, 0.15) is 10.7 Å². The Bertz CT molecular complexity index is 596. The van der Waals surface area contributed by atoms with Crippen LogP contribution in [0.25, 0.3) is 0 Å². The third-order valence-corrected chi connectivity index (χ3v) is 5.99. The lowest BCUT2D eigenvalue weighted by atomic mass is 9.84. The van der Waals surface area contributed by atoms with Gasteiger partial charge in [0.05, 0.1) is 0 Å². The number of hydrogen-bond acceptors (Lipinski definition) is 3. The number of nitrogens with two attached hydrogens (primary N) is 1. The van der Waals surface area contributed by atoms with Crippen molar-refractivity contribution in [1.82, 2.24) is 4.72 Å². The highest BCUT2D eigenvalue weighted by Crippen LogP contribution is 2.40. The molecule has 0 aliphatic heterocycles. The van der Waals surface area contributed by atoms with E-state index in [9.17, 15) is 12.8 Å². The second-order valence-corrected chi connectivity index (χ2v) is 7.59. The average molecular weight is 314 g/mol. The predicted molar refractivity (Wildman–Crippen MR) is 80.7 cm³/mol. The van der Waals surface area contributed by atoms with E-state index in [1.165, 1.54) is 12.1 Å². The van der Waals surface area contributed by atoms with Crippen LogP contribution >= 0.6 is 0 Å². The molecule has 1 saturated carbocycles. The van der Waals surface area contributed by atoms with E-state index in [1.54, 1.807) is 0 Å². The van der Waals surface area contributed by atoms with Gasteiger partial charge in [-0.1, -0.05) is 25.8 Å². The summed E-state index contributed by atoms with van der Waals surface area (Å²) in [6.45, 7) is 2.63. The van der Waals surface area contributed by atoms with Crippen molar-refractivity contribution in [2.75, 3.05) is 6.54 Å². The third kappa shape index (κ3) is 3.62. The fraction of sp³-hybridized carbons (Fsp3) is 0.600. The number of halogens is 1. The van der Waals surface area contributed by atoms with Crippen LogP contribution in [-0.4, -0.2) is 15.0 Å². The summed E-state index contributed by atoms with van der Waals surface area (Å²) >= 11 is 0. The fourth-order valence-corrected chi connectivity index (χ4v) is 4.27. The lowest BCUT2D eigenvalue weighted by Gasteiger charge is -2.27. The zero-order valence-electron chi connectivity index (χ0n) is 12.4. The fourth-order valence-electron chi connectivity index (χ4n) is 2.99. The Morgan fingerprint density at radius 3 is 2.57 bits per heavy atom. The second kappa shape index (κ2) is 6.42. The summed E-state index contributed by atoms with van der Waals surface area (Å²) in [5.41, 5.74) is 6.11. The van der Waals surface area contributed by atoms with Crippen molar-refractivity contribution in [3.05, 3.63) is 29.6 Å². The van der Waals surface area contributed by atoms with Crippen LogP contribution in [0.4, 0.5) is 4.39 Å². The topological polar surface area (TPSA) is 72.2 Å². The smallest absolute Gasteiger partial charge is 0.243 e. The van der Waals surface area contributed by atoms with Crippen LogP contribution in [0.1, 0.15) is 44.6 Å². The maximum absolute atomic E-state index is 13.8. The molecular formula is C15H23FN2O2S. The molecule has 0 saturated heterocycles. The Hall–Kier alpha value is -0.980. The predicted octanol–water partition coefficient (Wildman–Crippen LogP) is 2.53. The molecule has 1 aromatic carbocycles. The van der Waals surface area contributed by atoms with Crippen molar-refractivity contribution < 1.29 is 12.8 Å². The number of sulfonamides is 1. The van der Waals surface area contributed by atoms with Crippen LogP contribution in [0.5, 0.6) is 0 Å². The molecule has 1 fully saturated rings. The van der Waals surface area contributed by atoms with Gasteiger partial charge < -0.3 is 5.73 Å². The first kappa shape index (κ1) is 16.4. The molecule has 0 atom stereocenters. The van der Waals surface area contributed by atoms with Gasteiger partial charge >= 0.3 is 0 Å². The van der Waals surface area contributed by atoms with Crippen LogP contribution in [0.3, 0.4) is 0 Å². The van der Waals surface area contributed by atoms with Crippen LogP contribution in [0.15, 0.2) is 23.1 Å². The standard InChI is InChI=1S/C15H23FN2O2S/c1-2-15(7-3-4-8-15)11-18-21(19,20)14-9-12(10-17)5-6-13(14)16/h5-6,9,18H,2-4,7-8,10-11,17H2,1H3. The largest absolute Gasteiger partial charge is 0.326 e. The SMILES string of the molecule is CCC1(CNS(=O)(=O)c2cc(CN)ccc2F)CCCC1. The number of nitrogens with one attached hydrogen (secondary N) is 1. The normalized spacial score (nSPS) is 18.0. The zero-order chi connectivity index (χ0) is 15.5. The Kier molecular flexibility index (Phi) is 5.01. The molecule has 0 spiro atoms. The molecule has 0 unspecified atom stereocenters. The van der Waals surface area contributed by atoms with E-state index in [4.69, 9.17) is 5.73 Å². The minimum absolute atomic E-state index is 0.0228. The Labute approximate surface area is 126 Å². The molecule has 6 heteroatoms. The molecule has 21 heavy (non-hydrogen) atoms. The van der Waals surface area contributed by atoms with Crippen molar-refractivity contribution in [1.29, 1.82) is 0 Å². The molecule has 1 aliphatic rings. The second-order valence-electron chi connectivity index (χ2n) is 5.85. The first-order valence-corrected chi connectivity index (χ1v) is 8.89. The van der Waals surface area contributed by atoms with Gasteiger partial charge in [-0.2, -0.15) is 0 Å². The van der Waals surface area contributed by atoms with E-state index < -0.39 is 15.8 Å². The van der Waals surface area contributed by atoms with Crippen molar-refractivity contribution in [2.45, 2.75) is 50.5 Å². The van der Waals surface area contributed by atoms with Gasteiger partial charge in [-0.3, -0.25) is 0 Å². The maximum atomic E-state index is 13.8. The highest BCUT2D eigenvalue weighted by molar-refractivity contribution is 7.89. The van der Waals surface area contributed by atoms with Gasteiger partial charge in [-0.05, 0) is 42.4 Å². The molecule has 4 nitrogen and oxygen atoms in total. The molecule has 0 aromatic heterocycles. The van der Waals surface area contributed by atoms with Crippen molar-refractivity contribution in [2.24, 2.45) is 11.1 Å². The van der Waals surface area contributed by atoms with Gasteiger partial charge in [0.2, 0.25) is 10.0 Å². The van der Waals surface area contributed by atoms with E-state index in [0.717, 1.165) is 38.2 Å². The van der Waals surface area contributed by atoms with Crippen molar-refractivity contribution >= 4 is 10.0 Å². The summed E-state index contributed by atoms with van der Waals surface area (Å²) in [6.07, 6.45) is 5.24. The lowest BCUT2D eigenvalue weighted by Crippen LogP contribution is -2.36. The maximum Gasteiger partial charge on any atom is 0.243 e. The molecule has 0 radical (unpaired) electrons. The van der Waals surface area contributed by atoms with E-state index in [0.29, 0.717) is 12.1 Å². The van der Waals surface area contributed by atoms with Gasteiger partial charge in [0.15, 0.2) is 0 Å². The molecule has 118 valence electrons. The summed E-state index contributed by atoms with van der Waals surface area (Å²) < 4.78 is 41.1. The Morgan fingerprint density at radius 2 is 2.00 bits per heavy atom. The minimum atomic E-state index is -3.84. The van der Waals surface area contributed by atoms with Crippen LogP contribution in [-0.2, 0) is 16.6 Å². The van der Waals surface area contributed by atoms with Crippen LogP contribution < -0.4 is 10.5 Å². The van der Waals surface area contributed by atoms with Gasteiger partial charge in [0, 0.05) is 13.1 Å². The van der Waals surface area contributed by atoms with E-state index in [-0.39, 0.29) is 16.9 Å². The van der Waals surface area contributed by atoms with Crippen molar-refractivity contribution in [3.8, 4) is 0 Å². The van der Waals surface area contributed by atoms with Crippen LogP contribution in [0, 0.1) is 11.2 Å². The average Bonchev–Trinajstić information content (AvgIpc) is 2.95. The summed E-state index contributed by atoms with van der Waals surface area (Å²) in [5.74, 6) is -0.739. The minimum Gasteiger partial charge on any atom is -0.326 e. The van der Waals surface area contributed by atoms with Gasteiger partial charge in [-0.25, -0.2) is 17.5 Å². The van der Waals surface area contributed by atoms with Crippen molar-refractivity contribution in [3.63, 3.8) is 0 Å². The summed E-state index contributed by atoms with van der Waals surface area (Å²) in [6, 6.07) is 3.96. The summed E-state index contributed by atoms with van der Waals surface area (Å²) in [4.78, 5) is -0.310. The van der Waals surface area contributed by atoms with Gasteiger partial charge in [0.25, 0.3) is 0 Å². The van der Waals surface area contributed by atoms with Gasteiger partial charge in [-0.15, -0.1) is 0 Å². The monoisotopic (exact) mass is 314 g/mol. The lowest BCUT2D eigenvalue weighted by molar-refractivity contribution is 0.285. The quantitative estimate of drug-likeness (QED) is 0.847. The highest BCUT2D eigenvalue weighted by atomic mass is 32.2. The number of benzene rings is 1. The molecule has 1 aromatic rings. The molecule has 0 amide bonds. The summed E-state index contributed by atoms with van der Waals surface area (Å²) in [5, 5.41) is 0. The molecule has 2 rings (SSSR count). The van der Waals surface area contributed by atoms with E-state index >= 15 is 0 Å². The molecule has 3 N–H and O–H groups in total. The Balaban J connectivity index is 2.18. The van der Waals surface area contributed by atoms with Crippen LogP contribution in [0.2, 0.25) is 0 Å². The molecule has 0 heterocycles. The molecular weight excluding hydrogens is 291 g/mol. The number of hydrogen-bond donors (Lipinski definition) is 2.